The Bertz CT molecular complexity index is 1060. The summed E-state index contributed by atoms with van der Waals surface area (Å²) < 4.78 is 32.6. The van der Waals surface area contributed by atoms with Crippen LogP contribution in [0, 0.1) is 27.7 Å². The first-order valence-electron chi connectivity index (χ1n) is 10.2. The van der Waals surface area contributed by atoms with E-state index in [1.165, 1.54) is 21.5 Å². The molecular formula is C23H30N2O4S. The van der Waals surface area contributed by atoms with Gasteiger partial charge in [0.1, 0.15) is 0 Å². The minimum atomic E-state index is -3.66. The molecule has 1 aliphatic rings. The zero-order valence-corrected chi connectivity index (χ0v) is 19.1. The van der Waals surface area contributed by atoms with Gasteiger partial charge < -0.3 is 10.1 Å². The van der Waals surface area contributed by atoms with Gasteiger partial charge in [-0.15, -0.1) is 0 Å². The molecule has 162 valence electrons. The van der Waals surface area contributed by atoms with Crippen LogP contribution < -0.4 is 5.32 Å². The highest BCUT2D eigenvalue weighted by atomic mass is 32.2. The molecule has 2 aromatic rings. The van der Waals surface area contributed by atoms with E-state index in [2.05, 4.69) is 31.3 Å². The van der Waals surface area contributed by atoms with E-state index >= 15 is 0 Å². The molecule has 0 aromatic heterocycles. The maximum atomic E-state index is 13.0. The summed E-state index contributed by atoms with van der Waals surface area (Å²) in [7, 11) is -3.66. The Balaban J connectivity index is 1.86. The number of amides is 1. The van der Waals surface area contributed by atoms with Gasteiger partial charge in [-0.25, -0.2) is 8.42 Å². The number of hydrogen-bond donors (Lipinski definition) is 1. The largest absolute Gasteiger partial charge is 0.379 e. The number of nitrogens with one attached hydrogen (secondary N) is 1. The van der Waals surface area contributed by atoms with Crippen LogP contribution in [0.2, 0.25) is 0 Å². The standard InChI is InChI=1S/C23H30N2O4S/c1-15-6-7-20(30(27,28)25-8-10-29-11-9-25)14-22(15)23(26)24-19(5)21-13-17(3)16(2)12-18(21)4/h6-7,12-14,19H,8-11H2,1-5H3,(H,24,26). The number of carbonyl (C=O) groups is 1. The first-order chi connectivity index (χ1) is 14.1. The lowest BCUT2D eigenvalue weighted by Gasteiger charge is -2.26. The van der Waals surface area contributed by atoms with E-state index in [0.29, 0.717) is 31.9 Å². The highest BCUT2D eigenvalue weighted by molar-refractivity contribution is 7.89. The van der Waals surface area contributed by atoms with Crippen LogP contribution in [-0.2, 0) is 14.8 Å². The molecule has 1 unspecified atom stereocenters. The van der Waals surface area contributed by atoms with Crippen molar-refractivity contribution in [2.24, 2.45) is 0 Å². The first-order valence-corrected chi connectivity index (χ1v) is 11.6. The van der Waals surface area contributed by atoms with Crippen molar-refractivity contribution in [2.45, 2.75) is 45.6 Å². The van der Waals surface area contributed by atoms with Crippen molar-refractivity contribution in [3.63, 3.8) is 0 Å². The van der Waals surface area contributed by atoms with Crippen LogP contribution in [0.1, 0.15) is 51.1 Å². The molecule has 1 amide bonds. The van der Waals surface area contributed by atoms with Crippen LogP contribution >= 0.6 is 0 Å². The number of ether oxygens (including phenoxy) is 1. The third kappa shape index (κ3) is 4.58. The highest BCUT2D eigenvalue weighted by Crippen LogP contribution is 2.24. The Hall–Kier alpha value is -2.22. The van der Waals surface area contributed by atoms with E-state index in [4.69, 9.17) is 4.74 Å². The lowest BCUT2D eigenvalue weighted by molar-refractivity contribution is 0.0730. The molecule has 0 radical (unpaired) electrons. The lowest BCUT2D eigenvalue weighted by atomic mass is 9.96. The second-order valence-corrected chi connectivity index (χ2v) is 9.92. The summed E-state index contributed by atoms with van der Waals surface area (Å²) in [5.74, 6) is -0.281. The minimum Gasteiger partial charge on any atom is -0.379 e. The molecule has 0 saturated carbocycles. The van der Waals surface area contributed by atoms with Gasteiger partial charge in [-0.2, -0.15) is 4.31 Å². The Morgan fingerprint density at radius 2 is 1.60 bits per heavy atom. The van der Waals surface area contributed by atoms with Crippen molar-refractivity contribution in [1.29, 1.82) is 0 Å². The molecule has 1 saturated heterocycles. The van der Waals surface area contributed by atoms with Gasteiger partial charge >= 0.3 is 0 Å². The summed E-state index contributed by atoms with van der Waals surface area (Å²) in [4.78, 5) is 13.2. The molecule has 7 heteroatoms. The van der Waals surface area contributed by atoms with Crippen molar-refractivity contribution in [1.82, 2.24) is 9.62 Å². The topological polar surface area (TPSA) is 75.7 Å². The Kier molecular flexibility index (Phi) is 6.65. The average molecular weight is 431 g/mol. The van der Waals surface area contributed by atoms with E-state index in [1.54, 1.807) is 12.1 Å². The van der Waals surface area contributed by atoms with E-state index in [9.17, 15) is 13.2 Å². The maximum absolute atomic E-state index is 13.0. The van der Waals surface area contributed by atoms with Crippen LogP contribution in [0.3, 0.4) is 0 Å². The highest BCUT2D eigenvalue weighted by Gasteiger charge is 2.27. The Labute approximate surface area is 179 Å². The summed E-state index contributed by atoms with van der Waals surface area (Å²) in [6.07, 6.45) is 0. The molecule has 1 aliphatic heterocycles. The first kappa shape index (κ1) is 22.5. The van der Waals surface area contributed by atoms with Gasteiger partial charge in [0, 0.05) is 18.7 Å². The molecule has 1 fully saturated rings. The van der Waals surface area contributed by atoms with Crippen LogP contribution in [0.4, 0.5) is 0 Å². The SMILES string of the molecule is Cc1cc(C)c(C(C)NC(=O)c2cc(S(=O)(=O)N3CCOCC3)ccc2C)cc1C. The van der Waals surface area contributed by atoms with Gasteiger partial charge in [0.25, 0.3) is 5.91 Å². The van der Waals surface area contributed by atoms with Crippen molar-refractivity contribution in [3.05, 3.63) is 63.7 Å². The van der Waals surface area contributed by atoms with Crippen molar-refractivity contribution < 1.29 is 17.9 Å². The number of aryl methyl sites for hydroxylation is 4. The van der Waals surface area contributed by atoms with Crippen LogP contribution in [0.15, 0.2) is 35.2 Å². The summed E-state index contributed by atoms with van der Waals surface area (Å²) >= 11 is 0. The van der Waals surface area contributed by atoms with Gasteiger partial charge in [-0.1, -0.05) is 18.2 Å². The van der Waals surface area contributed by atoms with E-state index in [-0.39, 0.29) is 16.8 Å². The fraction of sp³-hybridized carbons (Fsp3) is 0.435. The van der Waals surface area contributed by atoms with Gasteiger partial charge in [0.15, 0.2) is 0 Å². The summed E-state index contributed by atoms with van der Waals surface area (Å²) in [6.45, 7) is 11.3. The quantitative estimate of drug-likeness (QED) is 0.789. The number of carbonyl (C=O) groups excluding carboxylic acids is 1. The van der Waals surface area contributed by atoms with Crippen LogP contribution in [0.25, 0.3) is 0 Å². The number of rotatable bonds is 5. The molecule has 6 nitrogen and oxygen atoms in total. The molecule has 30 heavy (non-hydrogen) atoms. The third-order valence-electron chi connectivity index (χ3n) is 5.76. The number of nitrogens with zero attached hydrogens (tertiary/aromatic N) is 1. The van der Waals surface area contributed by atoms with Gasteiger partial charge in [0.2, 0.25) is 10.0 Å². The predicted molar refractivity (Wildman–Crippen MR) is 117 cm³/mol. The molecular weight excluding hydrogens is 400 g/mol. The zero-order chi connectivity index (χ0) is 22.1. The molecule has 3 rings (SSSR count). The second-order valence-electron chi connectivity index (χ2n) is 7.98. The minimum absolute atomic E-state index is 0.134. The molecule has 0 bridgehead atoms. The molecule has 1 atom stereocenters. The van der Waals surface area contributed by atoms with Crippen LogP contribution in [0.5, 0.6) is 0 Å². The Morgan fingerprint density at radius 1 is 0.967 bits per heavy atom. The average Bonchev–Trinajstić information content (AvgIpc) is 2.71. The normalized spacial score (nSPS) is 16.3. The zero-order valence-electron chi connectivity index (χ0n) is 18.3. The van der Waals surface area contributed by atoms with Crippen molar-refractivity contribution >= 4 is 15.9 Å². The van der Waals surface area contributed by atoms with Gasteiger partial charge in [-0.3, -0.25) is 4.79 Å². The fourth-order valence-corrected chi connectivity index (χ4v) is 5.18. The summed E-state index contributed by atoms with van der Waals surface area (Å²) in [5, 5.41) is 3.03. The van der Waals surface area contributed by atoms with Gasteiger partial charge in [0.05, 0.1) is 24.2 Å². The summed E-state index contributed by atoms with van der Waals surface area (Å²) in [6, 6.07) is 8.75. The van der Waals surface area contributed by atoms with Crippen LogP contribution in [-0.4, -0.2) is 44.9 Å². The second kappa shape index (κ2) is 8.88. The molecule has 1 heterocycles. The number of hydrogen-bond acceptors (Lipinski definition) is 4. The van der Waals surface area contributed by atoms with E-state index < -0.39 is 10.0 Å². The smallest absolute Gasteiger partial charge is 0.252 e. The molecule has 2 aromatic carbocycles. The van der Waals surface area contributed by atoms with E-state index in [1.807, 2.05) is 20.8 Å². The van der Waals surface area contributed by atoms with E-state index in [0.717, 1.165) is 16.7 Å². The number of sulfonamides is 1. The third-order valence-corrected chi connectivity index (χ3v) is 7.65. The summed E-state index contributed by atoms with van der Waals surface area (Å²) in [5.41, 5.74) is 5.67. The fourth-order valence-electron chi connectivity index (χ4n) is 3.74. The maximum Gasteiger partial charge on any atom is 0.252 e. The monoisotopic (exact) mass is 430 g/mol. The van der Waals surface area contributed by atoms with Gasteiger partial charge in [-0.05, 0) is 74.6 Å². The van der Waals surface area contributed by atoms with Crippen molar-refractivity contribution in [2.75, 3.05) is 26.3 Å². The number of morpholine rings is 1. The van der Waals surface area contributed by atoms with Crippen molar-refractivity contribution in [3.8, 4) is 0 Å². The predicted octanol–water partition coefficient (Wildman–Crippen LogP) is 3.43. The number of benzene rings is 2. The molecule has 1 N–H and O–H groups in total. The lowest BCUT2D eigenvalue weighted by Crippen LogP contribution is -2.40. The molecule has 0 aliphatic carbocycles. The molecule has 0 spiro atoms. The Morgan fingerprint density at radius 3 is 2.27 bits per heavy atom.